The van der Waals surface area contributed by atoms with Crippen LogP contribution in [-0.2, 0) is 14.3 Å². The van der Waals surface area contributed by atoms with E-state index in [1.54, 1.807) is 17.5 Å². The molecule has 1 aromatic heterocycles. The number of esters is 1. The highest BCUT2D eigenvalue weighted by atomic mass is 35.5. The fourth-order valence-electron chi connectivity index (χ4n) is 2.28. The highest BCUT2D eigenvalue weighted by Gasteiger charge is 2.16. The van der Waals surface area contributed by atoms with Crippen molar-refractivity contribution in [2.45, 2.75) is 0 Å². The molecule has 7 nitrogen and oxygen atoms in total. The van der Waals surface area contributed by atoms with E-state index in [0.717, 1.165) is 5.56 Å². The van der Waals surface area contributed by atoms with Gasteiger partial charge in [0.15, 0.2) is 5.13 Å². The van der Waals surface area contributed by atoms with Gasteiger partial charge in [-0.3, -0.25) is 14.9 Å². The number of aromatic nitrogens is 1. The first-order chi connectivity index (χ1) is 14.0. The van der Waals surface area contributed by atoms with Crippen LogP contribution in [0, 0.1) is 0 Å². The summed E-state index contributed by atoms with van der Waals surface area (Å²) in [5, 5.41) is 7.45. The standard InChI is InChI=1S/C20H16ClN3O4S/c21-15-8-6-14(7-9-15)19(27)28-11-10-22-17(25)18(26)24-20-23-16(12-29-20)13-4-2-1-3-5-13/h1-9,12H,10-11H2,(H,22,25)(H,23,24,26). The SMILES string of the molecule is O=C(NCCOC(=O)c1ccc(Cl)cc1)C(=O)Nc1nc(-c2ccccc2)cs1. The lowest BCUT2D eigenvalue weighted by Crippen LogP contribution is -2.37. The smallest absolute Gasteiger partial charge is 0.338 e. The van der Waals surface area contributed by atoms with Gasteiger partial charge in [0.2, 0.25) is 0 Å². The topological polar surface area (TPSA) is 97.4 Å². The van der Waals surface area contributed by atoms with Crippen molar-refractivity contribution in [1.82, 2.24) is 10.3 Å². The van der Waals surface area contributed by atoms with Crippen LogP contribution in [0.1, 0.15) is 10.4 Å². The molecule has 0 spiro atoms. The molecule has 0 aliphatic rings. The number of nitrogens with one attached hydrogen (secondary N) is 2. The van der Waals surface area contributed by atoms with E-state index in [1.807, 2.05) is 30.3 Å². The molecule has 0 aliphatic heterocycles. The molecule has 0 aliphatic carbocycles. The van der Waals surface area contributed by atoms with Gasteiger partial charge in [-0.1, -0.05) is 41.9 Å². The van der Waals surface area contributed by atoms with Crippen molar-refractivity contribution in [3.05, 3.63) is 70.6 Å². The van der Waals surface area contributed by atoms with E-state index < -0.39 is 17.8 Å². The summed E-state index contributed by atoms with van der Waals surface area (Å²) < 4.78 is 5.03. The average Bonchev–Trinajstić information content (AvgIpc) is 3.20. The van der Waals surface area contributed by atoms with Crippen LogP contribution in [-0.4, -0.2) is 35.9 Å². The van der Waals surface area contributed by atoms with E-state index in [9.17, 15) is 14.4 Å². The number of hydrogen-bond donors (Lipinski definition) is 2. The molecule has 2 N–H and O–H groups in total. The Morgan fingerprint density at radius 3 is 2.45 bits per heavy atom. The van der Waals surface area contributed by atoms with Crippen LogP contribution in [0.4, 0.5) is 5.13 Å². The first kappa shape index (κ1) is 20.5. The maximum Gasteiger partial charge on any atom is 0.338 e. The predicted octanol–water partition coefficient (Wildman–Crippen LogP) is 3.38. The number of rotatable bonds is 6. The summed E-state index contributed by atoms with van der Waals surface area (Å²) in [6.45, 7) is -0.0748. The Kier molecular flexibility index (Phi) is 6.94. The molecule has 3 rings (SSSR count). The summed E-state index contributed by atoms with van der Waals surface area (Å²) in [6.07, 6.45) is 0. The fraction of sp³-hybridized carbons (Fsp3) is 0.100. The second-order valence-electron chi connectivity index (χ2n) is 5.76. The molecule has 29 heavy (non-hydrogen) atoms. The average molecular weight is 430 g/mol. The first-order valence-electron chi connectivity index (χ1n) is 8.56. The van der Waals surface area contributed by atoms with Crippen LogP contribution < -0.4 is 10.6 Å². The van der Waals surface area contributed by atoms with Crippen molar-refractivity contribution in [2.75, 3.05) is 18.5 Å². The van der Waals surface area contributed by atoms with Crippen LogP contribution in [0.2, 0.25) is 5.02 Å². The molecular formula is C20H16ClN3O4S. The highest BCUT2D eigenvalue weighted by Crippen LogP contribution is 2.24. The van der Waals surface area contributed by atoms with Gasteiger partial charge in [0.05, 0.1) is 17.8 Å². The van der Waals surface area contributed by atoms with E-state index >= 15 is 0 Å². The van der Waals surface area contributed by atoms with E-state index in [0.29, 0.717) is 21.4 Å². The van der Waals surface area contributed by atoms with Crippen LogP contribution in [0.5, 0.6) is 0 Å². The first-order valence-corrected chi connectivity index (χ1v) is 9.81. The Balaban J connectivity index is 1.41. The second-order valence-corrected chi connectivity index (χ2v) is 7.05. The number of ether oxygens (including phenoxy) is 1. The summed E-state index contributed by atoms with van der Waals surface area (Å²) >= 11 is 6.98. The lowest BCUT2D eigenvalue weighted by Gasteiger charge is -2.06. The van der Waals surface area contributed by atoms with Crippen molar-refractivity contribution >= 4 is 45.9 Å². The summed E-state index contributed by atoms with van der Waals surface area (Å²) in [4.78, 5) is 40.0. The van der Waals surface area contributed by atoms with Gasteiger partial charge in [-0.2, -0.15) is 0 Å². The fourth-order valence-corrected chi connectivity index (χ4v) is 3.13. The van der Waals surface area contributed by atoms with Gasteiger partial charge >= 0.3 is 17.8 Å². The molecule has 0 saturated heterocycles. The Labute approximate surface area is 175 Å². The van der Waals surface area contributed by atoms with Crippen LogP contribution >= 0.6 is 22.9 Å². The van der Waals surface area contributed by atoms with Gasteiger partial charge in [0.25, 0.3) is 0 Å². The molecule has 2 amide bonds. The Hall–Kier alpha value is -3.23. The van der Waals surface area contributed by atoms with Gasteiger partial charge in [-0.05, 0) is 24.3 Å². The largest absolute Gasteiger partial charge is 0.460 e. The zero-order chi connectivity index (χ0) is 20.6. The molecular weight excluding hydrogens is 414 g/mol. The third kappa shape index (κ3) is 5.87. The van der Waals surface area contributed by atoms with Gasteiger partial charge in [-0.15, -0.1) is 11.3 Å². The number of halogens is 1. The molecule has 0 saturated carbocycles. The molecule has 0 atom stereocenters. The number of hydrogen-bond acceptors (Lipinski definition) is 6. The number of thiazole rings is 1. The number of anilines is 1. The number of carbonyl (C=O) groups excluding carboxylic acids is 3. The van der Waals surface area contributed by atoms with Crippen LogP contribution in [0.3, 0.4) is 0 Å². The molecule has 9 heteroatoms. The minimum Gasteiger partial charge on any atom is -0.460 e. The van der Waals surface area contributed by atoms with Crippen molar-refractivity contribution in [2.24, 2.45) is 0 Å². The Bertz CT molecular complexity index is 1010. The lowest BCUT2D eigenvalue weighted by atomic mass is 10.2. The van der Waals surface area contributed by atoms with Crippen LogP contribution in [0.25, 0.3) is 11.3 Å². The van der Waals surface area contributed by atoms with E-state index in [4.69, 9.17) is 16.3 Å². The molecule has 1 heterocycles. The molecule has 0 unspecified atom stereocenters. The third-order valence-corrected chi connectivity index (χ3v) is 4.71. The summed E-state index contributed by atoms with van der Waals surface area (Å²) in [5.41, 5.74) is 1.97. The summed E-state index contributed by atoms with van der Waals surface area (Å²) in [7, 11) is 0. The second kappa shape index (κ2) is 9.81. The molecule has 148 valence electrons. The van der Waals surface area contributed by atoms with E-state index in [1.165, 1.54) is 23.5 Å². The summed E-state index contributed by atoms with van der Waals surface area (Å²) in [6, 6.07) is 15.7. The minimum absolute atomic E-state index is 0.00127. The number of nitrogens with zero attached hydrogens (tertiary/aromatic N) is 1. The third-order valence-electron chi connectivity index (χ3n) is 3.70. The van der Waals surface area contributed by atoms with Gasteiger partial charge in [0.1, 0.15) is 6.61 Å². The van der Waals surface area contributed by atoms with Crippen molar-refractivity contribution in [1.29, 1.82) is 0 Å². The lowest BCUT2D eigenvalue weighted by molar-refractivity contribution is -0.136. The van der Waals surface area contributed by atoms with Crippen molar-refractivity contribution in [3.63, 3.8) is 0 Å². The maximum atomic E-state index is 12.0. The zero-order valence-electron chi connectivity index (χ0n) is 15.1. The molecule has 0 bridgehead atoms. The predicted molar refractivity (Wildman–Crippen MR) is 111 cm³/mol. The maximum absolute atomic E-state index is 12.0. The van der Waals surface area contributed by atoms with E-state index in [2.05, 4.69) is 15.6 Å². The number of amides is 2. The van der Waals surface area contributed by atoms with Crippen LogP contribution in [0.15, 0.2) is 60.0 Å². The van der Waals surface area contributed by atoms with E-state index in [-0.39, 0.29) is 13.2 Å². The van der Waals surface area contributed by atoms with Gasteiger partial charge in [0, 0.05) is 16.0 Å². The summed E-state index contributed by atoms with van der Waals surface area (Å²) in [5.74, 6) is -2.23. The minimum atomic E-state index is -0.844. The monoisotopic (exact) mass is 429 g/mol. The molecule has 3 aromatic rings. The number of benzene rings is 2. The van der Waals surface area contributed by atoms with Gasteiger partial charge in [-0.25, -0.2) is 9.78 Å². The molecule has 0 radical (unpaired) electrons. The van der Waals surface area contributed by atoms with Gasteiger partial charge < -0.3 is 10.1 Å². The van der Waals surface area contributed by atoms with Crippen molar-refractivity contribution in [3.8, 4) is 11.3 Å². The quantitative estimate of drug-likeness (QED) is 0.355. The molecule has 0 fully saturated rings. The van der Waals surface area contributed by atoms with Crippen molar-refractivity contribution < 1.29 is 19.1 Å². The normalized spacial score (nSPS) is 10.2. The molecule has 2 aromatic carbocycles. The Morgan fingerprint density at radius 2 is 1.72 bits per heavy atom. The Morgan fingerprint density at radius 1 is 1.00 bits per heavy atom. The highest BCUT2D eigenvalue weighted by molar-refractivity contribution is 7.14. The zero-order valence-corrected chi connectivity index (χ0v) is 16.6. The number of carbonyl (C=O) groups is 3.